The van der Waals surface area contributed by atoms with Gasteiger partial charge in [0.25, 0.3) is 0 Å². The summed E-state index contributed by atoms with van der Waals surface area (Å²) in [6.07, 6.45) is 7.57. The summed E-state index contributed by atoms with van der Waals surface area (Å²) in [6, 6.07) is 9.29. The van der Waals surface area contributed by atoms with Gasteiger partial charge in [-0.25, -0.2) is 9.48 Å². The summed E-state index contributed by atoms with van der Waals surface area (Å²) < 4.78 is 4.09. The van der Waals surface area contributed by atoms with Gasteiger partial charge in [0.2, 0.25) is 4.77 Å². The minimum absolute atomic E-state index is 0.0433. The second-order valence-electron chi connectivity index (χ2n) is 8.93. The van der Waals surface area contributed by atoms with Gasteiger partial charge in [0.1, 0.15) is 11.9 Å². The first-order valence-electron chi connectivity index (χ1n) is 9.97. The lowest BCUT2D eigenvalue weighted by atomic mass is 9.49. The molecule has 6 heteroatoms. The molecule has 1 unspecified atom stereocenters. The van der Waals surface area contributed by atoms with Crippen molar-refractivity contribution >= 4 is 18.2 Å². The van der Waals surface area contributed by atoms with Crippen LogP contribution in [0, 0.1) is 22.5 Å². The lowest BCUT2D eigenvalue weighted by Gasteiger charge is -2.56. The van der Waals surface area contributed by atoms with E-state index in [0.717, 1.165) is 29.3 Å². The van der Waals surface area contributed by atoms with Crippen LogP contribution < -0.4 is 0 Å². The minimum atomic E-state index is -0.902. The Morgan fingerprint density at radius 3 is 2.22 bits per heavy atom. The van der Waals surface area contributed by atoms with Gasteiger partial charge >= 0.3 is 5.97 Å². The maximum atomic E-state index is 11.6. The molecule has 0 amide bonds. The fraction of sp³-hybridized carbons (Fsp3) is 0.571. The van der Waals surface area contributed by atoms with E-state index in [1.807, 2.05) is 30.3 Å². The summed E-state index contributed by atoms with van der Waals surface area (Å²) in [7, 11) is 0. The number of hydrogen-bond donors (Lipinski definition) is 1. The highest BCUT2D eigenvalue weighted by atomic mass is 32.1. The molecule has 0 radical (unpaired) electrons. The second-order valence-corrected chi connectivity index (χ2v) is 9.30. The normalized spacial score (nSPS) is 32.6. The molecule has 4 saturated carbocycles. The molecule has 5 nitrogen and oxygen atoms in total. The zero-order valence-electron chi connectivity index (χ0n) is 15.5. The molecule has 27 heavy (non-hydrogen) atoms. The first-order valence-corrected chi connectivity index (χ1v) is 10.4. The summed E-state index contributed by atoms with van der Waals surface area (Å²) in [5.74, 6) is 2.45. The summed E-state index contributed by atoms with van der Waals surface area (Å²) in [6.45, 7) is 1.66. The quantitative estimate of drug-likeness (QED) is 0.789. The number of aromatic nitrogens is 3. The average molecular weight is 384 g/mol. The lowest BCUT2D eigenvalue weighted by molar-refractivity contribution is -0.140. The number of nitrogens with zero attached hydrogens (tertiary/aromatic N) is 3. The third kappa shape index (κ3) is 2.60. The van der Waals surface area contributed by atoms with Gasteiger partial charge in [-0.05, 0) is 87.6 Å². The van der Waals surface area contributed by atoms with Crippen molar-refractivity contribution in [2.45, 2.75) is 56.9 Å². The van der Waals surface area contributed by atoms with E-state index in [-0.39, 0.29) is 5.41 Å². The summed E-state index contributed by atoms with van der Waals surface area (Å²) in [5.41, 5.74) is 1.03. The van der Waals surface area contributed by atoms with Crippen LogP contribution in [0.3, 0.4) is 0 Å². The molecule has 142 valence electrons. The summed E-state index contributed by atoms with van der Waals surface area (Å²) in [4.78, 5) is 11.6. The Morgan fingerprint density at radius 2 is 1.70 bits per heavy atom. The molecule has 1 aromatic heterocycles. The van der Waals surface area contributed by atoms with E-state index in [1.54, 1.807) is 11.6 Å². The van der Waals surface area contributed by atoms with E-state index in [9.17, 15) is 9.90 Å². The van der Waals surface area contributed by atoms with Gasteiger partial charge in [-0.15, -0.1) is 0 Å². The number of benzene rings is 1. The van der Waals surface area contributed by atoms with Crippen LogP contribution in [0.25, 0.3) is 5.69 Å². The van der Waals surface area contributed by atoms with Crippen LogP contribution in [0.5, 0.6) is 0 Å². The highest BCUT2D eigenvalue weighted by Gasteiger charge is 2.54. The minimum Gasteiger partial charge on any atom is -0.480 e. The first kappa shape index (κ1) is 17.2. The van der Waals surface area contributed by atoms with Crippen LogP contribution in [0.2, 0.25) is 0 Å². The molecular formula is C21H25N3O2S. The van der Waals surface area contributed by atoms with E-state index in [4.69, 9.17) is 17.3 Å². The molecule has 4 bridgehead atoms. The maximum Gasteiger partial charge on any atom is 0.328 e. The van der Waals surface area contributed by atoms with Crippen molar-refractivity contribution in [3.63, 3.8) is 0 Å². The van der Waals surface area contributed by atoms with Crippen molar-refractivity contribution in [1.82, 2.24) is 14.3 Å². The second kappa shape index (κ2) is 6.03. The molecule has 4 aliphatic rings. The Hall–Kier alpha value is -1.95. The Morgan fingerprint density at radius 1 is 1.15 bits per heavy atom. The standard InChI is InChI=1S/C21H25N3O2S/c1-13(18(25)26)24-20(27)23(17-5-3-2-4-6-17)19(22-24)21-10-14-7-15(11-21)9-16(8-14)12-21/h2-6,13-16H,7-12H2,1H3,(H,25,26). The molecule has 4 aliphatic carbocycles. The van der Waals surface area contributed by atoms with Gasteiger partial charge in [0, 0.05) is 11.1 Å². The van der Waals surface area contributed by atoms with Crippen LogP contribution in [0.4, 0.5) is 0 Å². The Kier molecular flexibility index (Phi) is 3.83. The zero-order valence-corrected chi connectivity index (χ0v) is 16.4. The van der Waals surface area contributed by atoms with Crippen LogP contribution in [-0.2, 0) is 10.2 Å². The monoisotopic (exact) mass is 383 g/mol. The molecule has 1 atom stereocenters. The number of aliphatic carboxylic acids is 1. The van der Waals surface area contributed by atoms with Crippen molar-refractivity contribution in [3.05, 3.63) is 40.9 Å². The molecular weight excluding hydrogens is 358 g/mol. The van der Waals surface area contributed by atoms with E-state index in [1.165, 1.54) is 38.5 Å². The molecule has 4 fully saturated rings. The number of para-hydroxylation sites is 1. The molecule has 0 aliphatic heterocycles. The predicted octanol–water partition coefficient (Wildman–Crippen LogP) is 4.52. The molecule has 0 saturated heterocycles. The maximum absolute atomic E-state index is 11.6. The topological polar surface area (TPSA) is 60.0 Å². The van der Waals surface area contributed by atoms with Crippen LogP contribution in [0.15, 0.2) is 30.3 Å². The summed E-state index contributed by atoms with van der Waals surface area (Å²) >= 11 is 5.75. The molecule has 0 spiro atoms. The van der Waals surface area contributed by atoms with Gasteiger partial charge in [-0.2, -0.15) is 5.10 Å². The number of hydrogen-bond acceptors (Lipinski definition) is 3. The fourth-order valence-electron chi connectivity index (χ4n) is 6.28. The smallest absolute Gasteiger partial charge is 0.328 e. The Bertz CT molecular complexity index is 911. The number of carbonyl (C=O) groups is 1. The Balaban J connectivity index is 1.71. The van der Waals surface area contributed by atoms with Crippen molar-refractivity contribution in [2.24, 2.45) is 17.8 Å². The fourth-order valence-corrected chi connectivity index (χ4v) is 6.67. The van der Waals surface area contributed by atoms with Gasteiger partial charge in [0.05, 0.1) is 0 Å². The molecule has 1 N–H and O–H groups in total. The van der Waals surface area contributed by atoms with Crippen molar-refractivity contribution < 1.29 is 9.90 Å². The largest absolute Gasteiger partial charge is 0.480 e. The van der Waals surface area contributed by atoms with Gasteiger partial charge in [0.15, 0.2) is 0 Å². The van der Waals surface area contributed by atoms with Crippen molar-refractivity contribution in [3.8, 4) is 5.69 Å². The van der Waals surface area contributed by atoms with Crippen molar-refractivity contribution in [1.29, 1.82) is 0 Å². The van der Waals surface area contributed by atoms with E-state index < -0.39 is 12.0 Å². The number of carboxylic acids is 1. The highest BCUT2D eigenvalue weighted by molar-refractivity contribution is 7.71. The zero-order chi connectivity index (χ0) is 18.8. The van der Waals surface area contributed by atoms with Gasteiger partial charge < -0.3 is 5.11 Å². The van der Waals surface area contributed by atoms with E-state index >= 15 is 0 Å². The highest BCUT2D eigenvalue weighted by Crippen LogP contribution is 2.60. The number of rotatable bonds is 4. The third-order valence-corrected chi connectivity index (χ3v) is 7.42. The SMILES string of the molecule is CC(C(=O)O)n1nc(C23CC4CC(CC(C4)C2)C3)n(-c2ccccc2)c1=S. The van der Waals surface area contributed by atoms with E-state index in [2.05, 4.69) is 4.57 Å². The third-order valence-electron chi connectivity index (χ3n) is 7.05. The van der Waals surface area contributed by atoms with Crippen LogP contribution in [0.1, 0.15) is 57.3 Å². The average Bonchev–Trinajstić information content (AvgIpc) is 2.98. The lowest BCUT2D eigenvalue weighted by Crippen LogP contribution is -2.49. The molecule has 1 heterocycles. The Labute approximate surface area is 164 Å². The first-order chi connectivity index (χ1) is 13.0. The van der Waals surface area contributed by atoms with Crippen LogP contribution >= 0.6 is 12.2 Å². The van der Waals surface area contributed by atoms with Crippen molar-refractivity contribution in [2.75, 3.05) is 0 Å². The van der Waals surface area contributed by atoms with E-state index in [0.29, 0.717) is 4.77 Å². The van der Waals surface area contributed by atoms with Crippen LogP contribution in [-0.4, -0.2) is 25.4 Å². The number of carboxylic acid groups (broad SMARTS) is 1. The molecule has 2 aromatic rings. The predicted molar refractivity (Wildman–Crippen MR) is 105 cm³/mol. The van der Waals surface area contributed by atoms with Gasteiger partial charge in [-0.3, -0.25) is 4.57 Å². The molecule has 1 aromatic carbocycles. The molecule has 6 rings (SSSR count). The van der Waals surface area contributed by atoms with Gasteiger partial charge in [-0.1, -0.05) is 18.2 Å². The summed E-state index contributed by atoms with van der Waals surface area (Å²) in [5, 5.41) is 14.4.